The summed E-state index contributed by atoms with van der Waals surface area (Å²) >= 11 is 0. The molecular formula is C16H19NO3. The molecule has 2 rings (SSSR count). The number of ether oxygens (including phenoxy) is 1. The van der Waals surface area contributed by atoms with Gasteiger partial charge in [-0.1, -0.05) is 18.2 Å². The predicted molar refractivity (Wildman–Crippen MR) is 77.4 cm³/mol. The number of aryl methyl sites for hydroxylation is 2. The number of hydrogen-bond acceptors (Lipinski definition) is 2. The van der Waals surface area contributed by atoms with Crippen LogP contribution in [-0.4, -0.2) is 22.2 Å². The standard InChI is InChI=1S/C16H19NO3/c1-12-11-13(2)17(15(12)16(18)19)9-6-10-20-14-7-4-3-5-8-14/h3-5,7-8,11H,6,9-10H2,1-2H3,(H,18,19). The first-order valence-electron chi connectivity index (χ1n) is 6.67. The van der Waals surface area contributed by atoms with Crippen LogP contribution < -0.4 is 4.74 Å². The zero-order valence-corrected chi connectivity index (χ0v) is 11.8. The van der Waals surface area contributed by atoms with Gasteiger partial charge in [0.25, 0.3) is 0 Å². The molecule has 4 heteroatoms. The van der Waals surface area contributed by atoms with Crippen molar-refractivity contribution < 1.29 is 14.6 Å². The van der Waals surface area contributed by atoms with E-state index in [9.17, 15) is 9.90 Å². The fourth-order valence-corrected chi connectivity index (χ4v) is 2.35. The van der Waals surface area contributed by atoms with E-state index in [-0.39, 0.29) is 0 Å². The lowest BCUT2D eigenvalue weighted by atomic mass is 10.2. The third kappa shape index (κ3) is 3.20. The summed E-state index contributed by atoms with van der Waals surface area (Å²) in [6.07, 6.45) is 0.768. The van der Waals surface area contributed by atoms with Gasteiger partial charge in [0.05, 0.1) is 6.61 Å². The van der Waals surface area contributed by atoms with Gasteiger partial charge in [0.15, 0.2) is 0 Å². The van der Waals surface area contributed by atoms with Gasteiger partial charge in [0.1, 0.15) is 11.4 Å². The van der Waals surface area contributed by atoms with Crippen LogP contribution in [0, 0.1) is 13.8 Å². The van der Waals surface area contributed by atoms with Crippen molar-refractivity contribution in [2.24, 2.45) is 0 Å². The molecule has 1 aromatic carbocycles. The first-order chi connectivity index (χ1) is 9.59. The molecule has 0 atom stereocenters. The van der Waals surface area contributed by atoms with Crippen LogP contribution in [0.15, 0.2) is 36.4 Å². The van der Waals surface area contributed by atoms with Crippen molar-refractivity contribution in [3.05, 3.63) is 53.3 Å². The van der Waals surface area contributed by atoms with E-state index in [0.29, 0.717) is 18.8 Å². The molecule has 4 nitrogen and oxygen atoms in total. The van der Waals surface area contributed by atoms with Crippen molar-refractivity contribution in [1.29, 1.82) is 0 Å². The lowest BCUT2D eigenvalue weighted by Crippen LogP contribution is -2.13. The molecule has 1 N–H and O–H groups in total. The van der Waals surface area contributed by atoms with Gasteiger partial charge < -0.3 is 14.4 Å². The van der Waals surface area contributed by atoms with Crippen molar-refractivity contribution in [2.75, 3.05) is 6.61 Å². The minimum absolute atomic E-state index is 0.377. The summed E-state index contributed by atoms with van der Waals surface area (Å²) in [6, 6.07) is 11.5. The first kappa shape index (κ1) is 14.2. The highest BCUT2D eigenvalue weighted by Gasteiger charge is 2.15. The summed E-state index contributed by atoms with van der Waals surface area (Å²) in [5.74, 6) is -0.0362. The Labute approximate surface area is 118 Å². The minimum Gasteiger partial charge on any atom is -0.494 e. The molecule has 1 heterocycles. The smallest absolute Gasteiger partial charge is 0.352 e. The Balaban J connectivity index is 1.93. The van der Waals surface area contributed by atoms with Crippen LogP contribution >= 0.6 is 0 Å². The predicted octanol–water partition coefficient (Wildman–Crippen LogP) is 3.27. The van der Waals surface area contributed by atoms with Crippen LogP contribution in [0.25, 0.3) is 0 Å². The molecule has 0 aliphatic rings. The first-order valence-corrected chi connectivity index (χ1v) is 6.67. The van der Waals surface area contributed by atoms with Crippen molar-refractivity contribution in [2.45, 2.75) is 26.8 Å². The lowest BCUT2D eigenvalue weighted by Gasteiger charge is -2.10. The monoisotopic (exact) mass is 273 g/mol. The summed E-state index contributed by atoms with van der Waals surface area (Å²) in [4.78, 5) is 11.3. The second-order valence-electron chi connectivity index (χ2n) is 4.79. The molecule has 0 aliphatic carbocycles. The molecule has 20 heavy (non-hydrogen) atoms. The fraction of sp³-hybridized carbons (Fsp3) is 0.312. The molecule has 2 aromatic rings. The maximum absolute atomic E-state index is 11.3. The molecule has 0 bridgehead atoms. The van der Waals surface area contributed by atoms with Crippen molar-refractivity contribution in [1.82, 2.24) is 4.57 Å². The molecule has 0 spiro atoms. The van der Waals surface area contributed by atoms with Gasteiger partial charge in [-0.25, -0.2) is 4.79 Å². The number of nitrogens with zero attached hydrogens (tertiary/aromatic N) is 1. The molecule has 0 saturated heterocycles. The van der Waals surface area contributed by atoms with Gasteiger partial charge in [-0.05, 0) is 44.0 Å². The van der Waals surface area contributed by atoms with Crippen LogP contribution in [0.2, 0.25) is 0 Å². The van der Waals surface area contributed by atoms with Gasteiger partial charge in [-0.2, -0.15) is 0 Å². The second kappa shape index (κ2) is 6.28. The van der Waals surface area contributed by atoms with E-state index in [1.54, 1.807) is 0 Å². The van der Waals surface area contributed by atoms with E-state index in [1.165, 1.54) is 0 Å². The van der Waals surface area contributed by atoms with E-state index in [1.807, 2.05) is 54.8 Å². The van der Waals surface area contributed by atoms with Crippen molar-refractivity contribution in [3.63, 3.8) is 0 Å². The average Bonchev–Trinajstić information content (AvgIpc) is 2.70. The Morgan fingerprint density at radius 1 is 1.25 bits per heavy atom. The van der Waals surface area contributed by atoms with Crippen LogP contribution in [0.4, 0.5) is 0 Å². The Kier molecular flexibility index (Phi) is 4.45. The summed E-state index contributed by atoms with van der Waals surface area (Å²) in [5, 5.41) is 9.24. The summed E-state index contributed by atoms with van der Waals surface area (Å²) in [7, 11) is 0. The van der Waals surface area contributed by atoms with E-state index in [4.69, 9.17) is 4.74 Å². The van der Waals surface area contributed by atoms with E-state index < -0.39 is 5.97 Å². The molecular weight excluding hydrogens is 254 g/mol. The van der Waals surface area contributed by atoms with Gasteiger partial charge in [-0.15, -0.1) is 0 Å². The van der Waals surface area contributed by atoms with Crippen LogP contribution in [-0.2, 0) is 6.54 Å². The second-order valence-corrected chi connectivity index (χ2v) is 4.79. The highest BCUT2D eigenvalue weighted by Crippen LogP contribution is 2.16. The Hall–Kier alpha value is -2.23. The number of aromatic carboxylic acids is 1. The zero-order valence-electron chi connectivity index (χ0n) is 11.8. The maximum Gasteiger partial charge on any atom is 0.352 e. The normalized spacial score (nSPS) is 10.5. The molecule has 106 valence electrons. The van der Waals surface area contributed by atoms with Crippen LogP contribution in [0.3, 0.4) is 0 Å². The van der Waals surface area contributed by atoms with Gasteiger partial charge in [0.2, 0.25) is 0 Å². The molecule has 0 amide bonds. The quantitative estimate of drug-likeness (QED) is 0.822. The number of carboxylic acids is 1. The molecule has 0 aliphatic heterocycles. The number of rotatable bonds is 6. The zero-order chi connectivity index (χ0) is 14.5. The van der Waals surface area contributed by atoms with Gasteiger partial charge in [-0.3, -0.25) is 0 Å². The van der Waals surface area contributed by atoms with Crippen molar-refractivity contribution >= 4 is 5.97 Å². The Bertz CT molecular complexity index is 587. The molecule has 1 aromatic heterocycles. The number of carbonyl (C=O) groups is 1. The molecule has 0 fully saturated rings. The minimum atomic E-state index is -0.875. The van der Waals surface area contributed by atoms with Gasteiger partial charge in [0, 0.05) is 12.2 Å². The third-order valence-corrected chi connectivity index (χ3v) is 3.24. The average molecular weight is 273 g/mol. The molecule has 0 radical (unpaired) electrons. The van der Waals surface area contributed by atoms with E-state index in [2.05, 4.69) is 0 Å². The van der Waals surface area contributed by atoms with E-state index in [0.717, 1.165) is 23.4 Å². The number of hydrogen-bond donors (Lipinski definition) is 1. The van der Waals surface area contributed by atoms with Crippen LogP contribution in [0.5, 0.6) is 5.75 Å². The topological polar surface area (TPSA) is 51.5 Å². The summed E-state index contributed by atoms with van der Waals surface area (Å²) in [6.45, 7) is 4.97. The molecule has 0 unspecified atom stereocenters. The van der Waals surface area contributed by atoms with Crippen LogP contribution in [0.1, 0.15) is 28.2 Å². The lowest BCUT2D eigenvalue weighted by molar-refractivity contribution is 0.0683. The van der Waals surface area contributed by atoms with Gasteiger partial charge >= 0.3 is 5.97 Å². The number of para-hydroxylation sites is 1. The van der Waals surface area contributed by atoms with E-state index >= 15 is 0 Å². The number of aromatic nitrogens is 1. The fourth-order valence-electron chi connectivity index (χ4n) is 2.35. The SMILES string of the molecule is Cc1cc(C)n(CCCOc2ccccc2)c1C(=O)O. The Morgan fingerprint density at radius 2 is 1.95 bits per heavy atom. The third-order valence-electron chi connectivity index (χ3n) is 3.24. The molecule has 0 saturated carbocycles. The summed E-state index contributed by atoms with van der Waals surface area (Å²) in [5.41, 5.74) is 2.15. The largest absolute Gasteiger partial charge is 0.494 e. The summed E-state index contributed by atoms with van der Waals surface area (Å²) < 4.78 is 7.45. The number of carboxylic acid groups (broad SMARTS) is 1. The van der Waals surface area contributed by atoms with Crippen molar-refractivity contribution in [3.8, 4) is 5.75 Å². The Morgan fingerprint density at radius 3 is 2.60 bits per heavy atom. The maximum atomic E-state index is 11.3. The highest BCUT2D eigenvalue weighted by molar-refractivity contribution is 5.87. The highest BCUT2D eigenvalue weighted by atomic mass is 16.5. The number of benzene rings is 1.